The van der Waals surface area contributed by atoms with E-state index in [2.05, 4.69) is 17.1 Å². The van der Waals surface area contributed by atoms with Gasteiger partial charge < -0.3 is 4.74 Å². The summed E-state index contributed by atoms with van der Waals surface area (Å²) in [5, 5.41) is 6.67. The van der Waals surface area contributed by atoms with Crippen LogP contribution in [0, 0.1) is 0 Å². The number of nitrogens with one attached hydrogen (secondary N) is 1. The second-order valence-corrected chi connectivity index (χ2v) is 3.69. The van der Waals surface area contributed by atoms with Gasteiger partial charge in [-0.25, -0.2) is 0 Å². The summed E-state index contributed by atoms with van der Waals surface area (Å²) in [5.74, 6) is 0.836. The van der Waals surface area contributed by atoms with E-state index < -0.39 is 0 Å². The molecule has 0 spiro atoms. The van der Waals surface area contributed by atoms with E-state index in [1.807, 2.05) is 24.3 Å². The van der Waals surface area contributed by atoms with E-state index in [0.717, 1.165) is 29.7 Å². The van der Waals surface area contributed by atoms with Gasteiger partial charge in [-0.1, -0.05) is 6.92 Å². The molecule has 4 nitrogen and oxygen atoms in total. The first-order valence-electron chi connectivity index (χ1n) is 5.57. The summed E-state index contributed by atoms with van der Waals surface area (Å²) in [5.41, 5.74) is 2.22. The van der Waals surface area contributed by atoms with Gasteiger partial charge in [0.1, 0.15) is 5.75 Å². The predicted molar refractivity (Wildman–Crippen MR) is 65.2 cm³/mol. The number of aromatic amines is 1. The Morgan fingerprint density at radius 2 is 2.12 bits per heavy atom. The van der Waals surface area contributed by atoms with E-state index in [-0.39, 0.29) is 0 Å². The van der Waals surface area contributed by atoms with E-state index in [0.29, 0.717) is 12.2 Å². The quantitative estimate of drug-likeness (QED) is 0.803. The number of ether oxygens (including phenoxy) is 1. The molecule has 0 aliphatic carbocycles. The topological polar surface area (TPSA) is 55.0 Å². The third kappa shape index (κ3) is 2.53. The van der Waals surface area contributed by atoms with Crippen LogP contribution < -0.4 is 4.74 Å². The molecule has 2 aromatic rings. The summed E-state index contributed by atoms with van der Waals surface area (Å²) >= 11 is 0. The van der Waals surface area contributed by atoms with Crippen LogP contribution in [0.15, 0.2) is 30.5 Å². The molecule has 0 amide bonds. The maximum absolute atomic E-state index is 10.8. The number of rotatable bonds is 5. The molecule has 1 aromatic carbocycles. The van der Waals surface area contributed by atoms with Crippen molar-refractivity contribution in [3.63, 3.8) is 0 Å². The van der Waals surface area contributed by atoms with Gasteiger partial charge in [-0.2, -0.15) is 5.10 Å². The number of aromatic nitrogens is 2. The third-order valence-corrected chi connectivity index (χ3v) is 2.41. The number of hydrogen-bond donors (Lipinski definition) is 1. The van der Waals surface area contributed by atoms with Crippen molar-refractivity contribution < 1.29 is 9.53 Å². The number of H-pyrrole nitrogens is 1. The van der Waals surface area contributed by atoms with Gasteiger partial charge in [0.05, 0.1) is 24.1 Å². The van der Waals surface area contributed by atoms with Gasteiger partial charge in [0.2, 0.25) is 0 Å². The SMILES string of the molecule is CCCOc1ccc(-c2[nH]ncc2C=O)cc1. The van der Waals surface area contributed by atoms with Crippen LogP contribution in [-0.2, 0) is 0 Å². The molecule has 1 heterocycles. The van der Waals surface area contributed by atoms with Crippen LogP contribution in [0.5, 0.6) is 5.75 Å². The lowest BCUT2D eigenvalue weighted by Gasteiger charge is -2.05. The van der Waals surface area contributed by atoms with Gasteiger partial charge in [0.15, 0.2) is 6.29 Å². The summed E-state index contributed by atoms with van der Waals surface area (Å²) in [6.45, 7) is 2.78. The molecule has 4 heteroatoms. The smallest absolute Gasteiger partial charge is 0.153 e. The van der Waals surface area contributed by atoms with Gasteiger partial charge >= 0.3 is 0 Å². The zero-order chi connectivity index (χ0) is 12.1. The molecule has 1 aromatic heterocycles. The predicted octanol–water partition coefficient (Wildman–Crippen LogP) is 2.68. The first kappa shape index (κ1) is 11.4. The van der Waals surface area contributed by atoms with Crippen molar-refractivity contribution in [2.75, 3.05) is 6.61 Å². The summed E-state index contributed by atoms with van der Waals surface area (Å²) in [4.78, 5) is 10.8. The Morgan fingerprint density at radius 1 is 1.35 bits per heavy atom. The summed E-state index contributed by atoms with van der Waals surface area (Å²) in [6, 6.07) is 7.60. The lowest BCUT2D eigenvalue weighted by Crippen LogP contribution is -1.94. The minimum atomic E-state index is 0.562. The van der Waals surface area contributed by atoms with Crippen molar-refractivity contribution in [1.82, 2.24) is 10.2 Å². The average molecular weight is 230 g/mol. The summed E-state index contributed by atoms with van der Waals surface area (Å²) in [7, 11) is 0. The van der Waals surface area contributed by atoms with Crippen LogP contribution in [0.3, 0.4) is 0 Å². The maximum Gasteiger partial charge on any atom is 0.153 e. The van der Waals surface area contributed by atoms with Gasteiger partial charge in [-0.05, 0) is 30.7 Å². The van der Waals surface area contributed by atoms with Crippen LogP contribution in [0.1, 0.15) is 23.7 Å². The molecule has 1 N–H and O–H groups in total. The van der Waals surface area contributed by atoms with Crippen molar-refractivity contribution >= 4 is 6.29 Å². The van der Waals surface area contributed by atoms with Crippen molar-refractivity contribution in [1.29, 1.82) is 0 Å². The average Bonchev–Trinajstić information content (AvgIpc) is 2.85. The highest BCUT2D eigenvalue weighted by atomic mass is 16.5. The van der Waals surface area contributed by atoms with Crippen LogP contribution in [0.2, 0.25) is 0 Å². The van der Waals surface area contributed by atoms with E-state index in [1.54, 1.807) is 0 Å². The standard InChI is InChI=1S/C13H14N2O2/c1-2-7-17-12-5-3-10(4-6-12)13-11(9-16)8-14-15-13/h3-6,8-9H,2,7H2,1H3,(H,14,15). The Hall–Kier alpha value is -2.10. The van der Waals surface area contributed by atoms with Gasteiger partial charge in [-0.15, -0.1) is 0 Å². The third-order valence-electron chi connectivity index (χ3n) is 2.41. The fourth-order valence-corrected chi connectivity index (χ4v) is 1.55. The molecule has 0 fully saturated rings. The minimum Gasteiger partial charge on any atom is -0.494 e. The van der Waals surface area contributed by atoms with Crippen LogP contribution in [0.25, 0.3) is 11.3 Å². The zero-order valence-electron chi connectivity index (χ0n) is 9.64. The molecule has 17 heavy (non-hydrogen) atoms. The van der Waals surface area contributed by atoms with Gasteiger partial charge in [0.25, 0.3) is 0 Å². The van der Waals surface area contributed by atoms with E-state index >= 15 is 0 Å². The lowest BCUT2D eigenvalue weighted by molar-refractivity contribution is 0.112. The Morgan fingerprint density at radius 3 is 2.76 bits per heavy atom. The number of aldehydes is 1. The molecule has 0 aliphatic rings. The first-order valence-corrected chi connectivity index (χ1v) is 5.57. The first-order chi connectivity index (χ1) is 8.35. The summed E-state index contributed by atoms with van der Waals surface area (Å²) in [6.07, 6.45) is 3.29. The Balaban J connectivity index is 2.20. The van der Waals surface area contributed by atoms with Crippen molar-refractivity contribution in [3.8, 4) is 17.0 Å². The largest absolute Gasteiger partial charge is 0.494 e. The number of nitrogens with zero attached hydrogens (tertiary/aromatic N) is 1. The Kier molecular flexibility index (Phi) is 3.55. The Labute approximate surface area is 99.6 Å². The number of carbonyl (C=O) groups is 1. The molecule has 0 unspecified atom stereocenters. The highest BCUT2D eigenvalue weighted by molar-refractivity contribution is 5.85. The van der Waals surface area contributed by atoms with Gasteiger partial charge in [-0.3, -0.25) is 9.89 Å². The molecule has 0 bridgehead atoms. The van der Waals surface area contributed by atoms with Gasteiger partial charge in [0, 0.05) is 5.56 Å². The number of carbonyl (C=O) groups excluding carboxylic acids is 1. The molecule has 0 radical (unpaired) electrons. The van der Waals surface area contributed by atoms with Crippen molar-refractivity contribution in [2.24, 2.45) is 0 Å². The summed E-state index contributed by atoms with van der Waals surface area (Å²) < 4.78 is 5.49. The highest BCUT2D eigenvalue weighted by Crippen LogP contribution is 2.22. The molecular weight excluding hydrogens is 216 g/mol. The van der Waals surface area contributed by atoms with Crippen molar-refractivity contribution in [3.05, 3.63) is 36.0 Å². The zero-order valence-corrected chi connectivity index (χ0v) is 9.64. The second-order valence-electron chi connectivity index (χ2n) is 3.69. The molecule has 0 aliphatic heterocycles. The molecule has 0 saturated heterocycles. The van der Waals surface area contributed by atoms with Crippen LogP contribution >= 0.6 is 0 Å². The van der Waals surface area contributed by atoms with E-state index in [1.165, 1.54) is 6.20 Å². The molecule has 0 saturated carbocycles. The Bertz CT molecular complexity index is 488. The fraction of sp³-hybridized carbons (Fsp3) is 0.231. The lowest BCUT2D eigenvalue weighted by atomic mass is 10.1. The molecule has 0 atom stereocenters. The normalized spacial score (nSPS) is 10.2. The van der Waals surface area contributed by atoms with E-state index in [9.17, 15) is 4.79 Å². The van der Waals surface area contributed by atoms with Crippen LogP contribution in [0.4, 0.5) is 0 Å². The van der Waals surface area contributed by atoms with E-state index in [4.69, 9.17) is 4.74 Å². The monoisotopic (exact) mass is 230 g/mol. The minimum absolute atomic E-state index is 0.562. The molecule has 2 rings (SSSR count). The molecule has 88 valence electrons. The fourth-order valence-electron chi connectivity index (χ4n) is 1.55. The maximum atomic E-state index is 10.8. The highest BCUT2D eigenvalue weighted by Gasteiger charge is 2.06. The number of benzene rings is 1. The molecular formula is C13H14N2O2. The van der Waals surface area contributed by atoms with Crippen LogP contribution in [-0.4, -0.2) is 23.1 Å². The second kappa shape index (κ2) is 5.30. The number of hydrogen-bond acceptors (Lipinski definition) is 3. The van der Waals surface area contributed by atoms with Crippen molar-refractivity contribution in [2.45, 2.75) is 13.3 Å².